The predicted molar refractivity (Wildman–Crippen MR) is 90.5 cm³/mol. The lowest BCUT2D eigenvalue weighted by Gasteiger charge is -2.09. The number of thioether (sulfide) groups is 1. The van der Waals surface area contributed by atoms with Crippen molar-refractivity contribution >= 4 is 50.8 Å². The molecule has 2 rings (SSSR count). The van der Waals surface area contributed by atoms with Crippen molar-refractivity contribution in [3.05, 3.63) is 29.0 Å². The molecular weight excluding hydrogens is 381 g/mol. The van der Waals surface area contributed by atoms with E-state index in [0.717, 1.165) is 6.07 Å². The molecule has 0 radical (unpaired) electrons. The molecule has 0 aromatic heterocycles. The van der Waals surface area contributed by atoms with Crippen molar-refractivity contribution in [1.82, 2.24) is 0 Å². The molecule has 24 heavy (non-hydrogen) atoms. The number of hydrogen-bond acceptors (Lipinski definition) is 6. The van der Waals surface area contributed by atoms with Crippen LogP contribution >= 0.6 is 23.4 Å². The van der Waals surface area contributed by atoms with Crippen LogP contribution in [-0.4, -0.2) is 49.4 Å². The summed E-state index contributed by atoms with van der Waals surface area (Å²) in [5, 5.41) is 2.17. The van der Waals surface area contributed by atoms with Crippen molar-refractivity contribution in [2.75, 3.05) is 29.2 Å². The minimum absolute atomic E-state index is 0.0180. The Hall–Kier alpha value is -1.32. The van der Waals surface area contributed by atoms with Crippen LogP contribution < -0.4 is 5.32 Å². The molecule has 0 spiro atoms. The summed E-state index contributed by atoms with van der Waals surface area (Å²) >= 11 is 6.80. The highest BCUT2D eigenvalue weighted by Gasteiger charge is 2.28. The van der Waals surface area contributed by atoms with E-state index in [1.807, 2.05) is 0 Å². The number of carbonyl (C=O) groups is 2. The second kappa shape index (κ2) is 8.17. The smallest absolute Gasteiger partial charge is 0.316 e. The van der Waals surface area contributed by atoms with Crippen molar-refractivity contribution in [2.24, 2.45) is 0 Å². The molecule has 1 aromatic carbocycles. The number of benzene rings is 1. The summed E-state index contributed by atoms with van der Waals surface area (Å²) in [6.07, 6.45) is 0.520. The minimum atomic E-state index is -2.98. The van der Waals surface area contributed by atoms with Crippen molar-refractivity contribution < 1.29 is 27.1 Å². The maximum absolute atomic E-state index is 13.0. The fraction of sp³-hybridized carbons (Fsp3) is 0.429. The molecule has 0 saturated carbocycles. The van der Waals surface area contributed by atoms with E-state index >= 15 is 0 Å². The second-order valence-corrected chi connectivity index (χ2v) is 9.10. The van der Waals surface area contributed by atoms with E-state index < -0.39 is 34.1 Å². The van der Waals surface area contributed by atoms with E-state index in [1.54, 1.807) is 0 Å². The second-order valence-electron chi connectivity index (χ2n) is 5.17. The number of amides is 1. The molecular formula is C14H15ClFNO5S2. The van der Waals surface area contributed by atoms with Gasteiger partial charge in [-0.3, -0.25) is 9.59 Å². The zero-order valence-electron chi connectivity index (χ0n) is 12.5. The van der Waals surface area contributed by atoms with E-state index in [9.17, 15) is 22.4 Å². The molecule has 6 nitrogen and oxygen atoms in total. The first-order valence-electron chi connectivity index (χ1n) is 6.98. The number of sulfone groups is 1. The van der Waals surface area contributed by atoms with Crippen molar-refractivity contribution in [2.45, 2.75) is 11.7 Å². The third kappa shape index (κ3) is 5.95. The fourth-order valence-electron chi connectivity index (χ4n) is 2.04. The average Bonchev–Trinajstić information content (AvgIpc) is 2.86. The number of rotatable bonds is 6. The molecule has 132 valence electrons. The molecule has 1 aliphatic heterocycles. The van der Waals surface area contributed by atoms with Crippen LogP contribution in [0.4, 0.5) is 10.1 Å². The van der Waals surface area contributed by atoms with Crippen LogP contribution in [-0.2, 0) is 24.2 Å². The highest BCUT2D eigenvalue weighted by atomic mass is 35.5. The van der Waals surface area contributed by atoms with Gasteiger partial charge in [-0.05, 0) is 24.6 Å². The maximum Gasteiger partial charge on any atom is 0.316 e. The zero-order valence-corrected chi connectivity index (χ0v) is 14.8. The SMILES string of the molecule is O=C(COC(=O)CS[C@H]1CCS(=O)(=O)C1)Nc1ccc(F)c(Cl)c1. The van der Waals surface area contributed by atoms with Crippen LogP contribution in [0, 0.1) is 5.82 Å². The van der Waals surface area contributed by atoms with E-state index in [0.29, 0.717) is 6.42 Å². The quantitative estimate of drug-likeness (QED) is 0.740. The first-order chi connectivity index (χ1) is 11.2. The van der Waals surface area contributed by atoms with E-state index in [2.05, 4.69) is 5.32 Å². The standard InChI is InChI=1S/C14H15ClFNO5S2/c15-11-5-9(1-2-12(11)16)17-13(18)6-22-14(19)7-23-10-3-4-24(20,21)8-10/h1-2,5,10H,3-4,6-8H2,(H,17,18)/t10-/m0/s1. The third-order valence-corrected chi connectivity index (χ3v) is 6.74. The Morgan fingerprint density at radius 1 is 1.42 bits per heavy atom. The number of anilines is 1. The van der Waals surface area contributed by atoms with Crippen LogP contribution in [0.1, 0.15) is 6.42 Å². The average molecular weight is 396 g/mol. The summed E-state index contributed by atoms with van der Waals surface area (Å²) in [6.45, 7) is -0.489. The molecule has 0 aliphatic carbocycles. The third-order valence-electron chi connectivity index (χ3n) is 3.20. The van der Waals surface area contributed by atoms with Gasteiger partial charge in [-0.1, -0.05) is 11.6 Å². The van der Waals surface area contributed by atoms with Crippen LogP contribution in [0.25, 0.3) is 0 Å². The van der Waals surface area contributed by atoms with Crippen LogP contribution in [0.2, 0.25) is 5.02 Å². The monoisotopic (exact) mass is 395 g/mol. The highest BCUT2D eigenvalue weighted by Crippen LogP contribution is 2.24. The Morgan fingerprint density at radius 2 is 2.17 bits per heavy atom. The zero-order chi connectivity index (χ0) is 17.7. The first kappa shape index (κ1) is 19.0. The van der Waals surface area contributed by atoms with Gasteiger partial charge in [-0.15, -0.1) is 11.8 Å². The molecule has 1 aromatic rings. The maximum atomic E-state index is 13.0. The molecule has 1 fully saturated rings. The van der Waals surface area contributed by atoms with Gasteiger partial charge in [0.2, 0.25) is 0 Å². The molecule has 1 heterocycles. The Kier molecular flexibility index (Phi) is 6.47. The number of ether oxygens (including phenoxy) is 1. The Morgan fingerprint density at radius 3 is 2.79 bits per heavy atom. The van der Waals surface area contributed by atoms with Gasteiger partial charge >= 0.3 is 5.97 Å². The normalized spacial score (nSPS) is 19.0. The molecule has 0 bridgehead atoms. The van der Waals surface area contributed by atoms with Gasteiger partial charge in [0.15, 0.2) is 16.4 Å². The van der Waals surface area contributed by atoms with Crippen LogP contribution in [0.5, 0.6) is 0 Å². The summed E-state index contributed by atoms with van der Waals surface area (Å²) in [4.78, 5) is 23.2. The Balaban J connectivity index is 1.69. The Labute approximate surface area is 148 Å². The summed E-state index contributed by atoms with van der Waals surface area (Å²) in [5.74, 6) is -1.60. The lowest BCUT2D eigenvalue weighted by molar-refractivity contribution is -0.144. The molecule has 1 N–H and O–H groups in total. The van der Waals surface area contributed by atoms with Gasteiger partial charge in [0.05, 0.1) is 22.3 Å². The summed E-state index contributed by atoms with van der Waals surface area (Å²) in [7, 11) is -2.98. The lowest BCUT2D eigenvalue weighted by atomic mass is 10.3. The van der Waals surface area contributed by atoms with Gasteiger partial charge in [-0.25, -0.2) is 12.8 Å². The van der Waals surface area contributed by atoms with Crippen LogP contribution in [0.15, 0.2) is 18.2 Å². The fourth-order valence-corrected chi connectivity index (χ4v) is 5.66. The first-order valence-corrected chi connectivity index (χ1v) is 10.2. The van der Waals surface area contributed by atoms with E-state index in [4.69, 9.17) is 16.3 Å². The number of nitrogens with one attached hydrogen (secondary N) is 1. The lowest BCUT2D eigenvalue weighted by Crippen LogP contribution is -2.22. The number of carbonyl (C=O) groups excluding carboxylic acids is 2. The molecule has 1 amide bonds. The number of halogens is 2. The van der Waals surface area contributed by atoms with Crippen LogP contribution in [0.3, 0.4) is 0 Å². The molecule has 1 aliphatic rings. The van der Waals surface area contributed by atoms with Gasteiger partial charge in [0, 0.05) is 10.9 Å². The van der Waals surface area contributed by atoms with Gasteiger partial charge < -0.3 is 10.1 Å². The van der Waals surface area contributed by atoms with Crippen molar-refractivity contribution in [3.8, 4) is 0 Å². The van der Waals surface area contributed by atoms with Crippen molar-refractivity contribution in [3.63, 3.8) is 0 Å². The summed E-state index contributed by atoms with van der Waals surface area (Å²) in [5.41, 5.74) is 0.285. The largest absolute Gasteiger partial charge is 0.455 e. The van der Waals surface area contributed by atoms with E-state index in [1.165, 1.54) is 23.9 Å². The highest BCUT2D eigenvalue weighted by molar-refractivity contribution is 8.02. The van der Waals surface area contributed by atoms with Gasteiger partial charge in [0.25, 0.3) is 5.91 Å². The summed E-state index contributed by atoms with van der Waals surface area (Å²) in [6, 6.07) is 3.68. The Bertz CT molecular complexity index is 741. The topological polar surface area (TPSA) is 89.5 Å². The van der Waals surface area contributed by atoms with Gasteiger partial charge in [0.1, 0.15) is 5.82 Å². The van der Waals surface area contributed by atoms with Gasteiger partial charge in [-0.2, -0.15) is 0 Å². The molecule has 1 saturated heterocycles. The molecule has 10 heteroatoms. The van der Waals surface area contributed by atoms with E-state index in [-0.39, 0.29) is 33.2 Å². The predicted octanol–water partition coefficient (Wildman–Crippen LogP) is 1.88. The summed E-state index contributed by atoms with van der Waals surface area (Å²) < 4.78 is 40.4. The number of esters is 1. The van der Waals surface area contributed by atoms with Crippen molar-refractivity contribution in [1.29, 1.82) is 0 Å². The molecule has 1 atom stereocenters. The number of hydrogen-bond donors (Lipinski definition) is 1. The minimum Gasteiger partial charge on any atom is -0.455 e. The molecule has 0 unspecified atom stereocenters.